The maximum Gasteiger partial charge on any atom is 0.148 e. The zero-order chi connectivity index (χ0) is 25.1. The summed E-state index contributed by atoms with van der Waals surface area (Å²) in [5.74, 6) is 0. The lowest BCUT2D eigenvalue weighted by Gasteiger charge is -2.10. The predicted molar refractivity (Wildman–Crippen MR) is 158 cm³/mol. The summed E-state index contributed by atoms with van der Waals surface area (Å²) in [4.78, 5) is 5.41. The van der Waals surface area contributed by atoms with Gasteiger partial charge >= 0.3 is 0 Å². The lowest BCUT2D eigenvalue weighted by Crippen LogP contribution is -1.98. The van der Waals surface area contributed by atoms with Crippen LogP contribution in [0.4, 0.5) is 0 Å². The monoisotopic (exact) mass is 485 g/mol. The van der Waals surface area contributed by atoms with Crippen LogP contribution in [0.5, 0.6) is 0 Å². The Morgan fingerprint density at radius 1 is 0.368 bits per heavy atom. The molecule has 8 aromatic rings. The van der Waals surface area contributed by atoms with Gasteiger partial charge in [0.25, 0.3) is 0 Å². The molecule has 0 fully saturated rings. The van der Waals surface area contributed by atoms with Crippen molar-refractivity contribution in [2.75, 3.05) is 0 Å². The Morgan fingerprint density at radius 2 is 0.816 bits per heavy atom. The molecule has 38 heavy (non-hydrogen) atoms. The maximum atomic E-state index is 5.41. The average Bonchev–Trinajstić information content (AvgIpc) is 3.49. The first kappa shape index (κ1) is 21.0. The molecule has 3 heteroatoms. The minimum Gasteiger partial charge on any atom is -0.294 e. The molecule has 3 nitrogen and oxygen atoms in total. The predicted octanol–water partition coefficient (Wildman–Crippen LogP) is 8.94. The van der Waals surface area contributed by atoms with E-state index in [1.807, 2.05) is 0 Å². The van der Waals surface area contributed by atoms with Gasteiger partial charge in [-0.05, 0) is 53.6 Å². The molecule has 5 aromatic carbocycles. The largest absolute Gasteiger partial charge is 0.294 e. The third kappa shape index (κ3) is 3.06. The van der Waals surface area contributed by atoms with Crippen molar-refractivity contribution in [1.29, 1.82) is 0 Å². The fourth-order valence-electron chi connectivity index (χ4n) is 5.79. The van der Waals surface area contributed by atoms with E-state index >= 15 is 0 Å². The molecule has 3 aromatic heterocycles. The average molecular weight is 486 g/mol. The number of benzene rings is 5. The zero-order valence-electron chi connectivity index (χ0n) is 20.6. The van der Waals surface area contributed by atoms with E-state index in [9.17, 15) is 0 Å². The standard InChI is InChI=1S/C35H23N3/c1-3-11-24(12-4-1)25-19-21-27(22-20-25)38-33-18-10-8-16-29(33)31-23-30-28-15-7-9-17-32(28)37(34(30)36-35(31)38)26-13-5-2-6-14-26/h1-23H. The molecule has 0 radical (unpaired) electrons. The van der Waals surface area contributed by atoms with Crippen molar-refractivity contribution < 1.29 is 0 Å². The van der Waals surface area contributed by atoms with E-state index in [2.05, 4.69) is 149 Å². The van der Waals surface area contributed by atoms with Gasteiger partial charge in [0.05, 0.1) is 11.0 Å². The van der Waals surface area contributed by atoms with Crippen LogP contribution in [0.2, 0.25) is 0 Å². The minimum atomic E-state index is 0.964. The second-order valence-corrected chi connectivity index (χ2v) is 9.68. The molecule has 0 aliphatic heterocycles. The SMILES string of the molecule is c1ccc(-c2ccc(-n3c4ccccc4c4cc5c6ccccc6n(-c6ccccc6)c5nc43)cc2)cc1. The van der Waals surface area contributed by atoms with Crippen molar-refractivity contribution in [2.24, 2.45) is 0 Å². The number of fused-ring (bicyclic) bond motifs is 6. The molecule has 0 N–H and O–H groups in total. The maximum absolute atomic E-state index is 5.41. The van der Waals surface area contributed by atoms with E-state index in [0.29, 0.717) is 0 Å². The van der Waals surface area contributed by atoms with Crippen molar-refractivity contribution in [3.05, 3.63) is 140 Å². The summed E-state index contributed by atoms with van der Waals surface area (Å²) in [7, 11) is 0. The molecule has 3 heterocycles. The van der Waals surface area contributed by atoms with Crippen LogP contribution in [-0.2, 0) is 0 Å². The van der Waals surface area contributed by atoms with E-state index < -0.39 is 0 Å². The van der Waals surface area contributed by atoms with Crippen LogP contribution >= 0.6 is 0 Å². The van der Waals surface area contributed by atoms with Gasteiger partial charge in [-0.3, -0.25) is 9.13 Å². The summed E-state index contributed by atoms with van der Waals surface area (Å²) in [5.41, 5.74) is 8.89. The van der Waals surface area contributed by atoms with Crippen molar-refractivity contribution in [1.82, 2.24) is 14.1 Å². The van der Waals surface area contributed by atoms with Crippen LogP contribution in [0, 0.1) is 0 Å². The molecule has 0 aliphatic rings. The first-order chi connectivity index (χ1) is 18.9. The number of rotatable bonds is 3. The van der Waals surface area contributed by atoms with Gasteiger partial charge in [0.15, 0.2) is 0 Å². The Kier molecular flexibility index (Phi) is 4.52. The molecule has 0 amide bonds. The third-order valence-corrected chi connectivity index (χ3v) is 7.52. The number of hydrogen-bond donors (Lipinski definition) is 0. The lowest BCUT2D eigenvalue weighted by atomic mass is 10.1. The van der Waals surface area contributed by atoms with Gasteiger partial charge < -0.3 is 0 Å². The van der Waals surface area contributed by atoms with E-state index in [0.717, 1.165) is 39.1 Å². The Morgan fingerprint density at radius 3 is 1.39 bits per heavy atom. The molecule has 0 unspecified atom stereocenters. The summed E-state index contributed by atoms with van der Waals surface area (Å²) in [6.07, 6.45) is 0. The van der Waals surface area contributed by atoms with Crippen molar-refractivity contribution in [3.63, 3.8) is 0 Å². The Labute approximate surface area is 219 Å². The van der Waals surface area contributed by atoms with Gasteiger partial charge in [-0.2, -0.15) is 0 Å². The van der Waals surface area contributed by atoms with Gasteiger partial charge in [0, 0.05) is 32.9 Å². The number of nitrogens with zero attached hydrogens (tertiary/aromatic N) is 3. The summed E-state index contributed by atoms with van der Waals surface area (Å²) < 4.78 is 4.58. The van der Waals surface area contributed by atoms with Gasteiger partial charge in [0.2, 0.25) is 0 Å². The highest BCUT2D eigenvalue weighted by Gasteiger charge is 2.19. The smallest absolute Gasteiger partial charge is 0.148 e. The van der Waals surface area contributed by atoms with E-state index in [-0.39, 0.29) is 0 Å². The molecule has 0 aliphatic carbocycles. The molecule has 0 saturated carbocycles. The summed E-state index contributed by atoms with van der Waals surface area (Å²) in [6.45, 7) is 0. The fraction of sp³-hybridized carbons (Fsp3) is 0. The molecule has 178 valence electrons. The topological polar surface area (TPSA) is 22.8 Å². The second kappa shape index (κ2) is 8.19. The quantitative estimate of drug-likeness (QED) is 0.245. The van der Waals surface area contributed by atoms with Gasteiger partial charge in [-0.15, -0.1) is 0 Å². The Hall–Kier alpha value is -5.15. The second-order valence-electron chi connectivity index (χ2n) is 9.68. The summed E-state index contributed by atoms with van der Waals surface area (Å²) >= 11 is 0. The Bertz CT molecular complexity index is 2100. The van der Waals surface area contributed by atoms with E-state index in [1.165, 1.54) is 27.3 Å². The van der Waals surface area contributed by atoms with Gasteiger partial charge in [-0.25, -0.2) is 4.98 Å². The lowest BCUT2D eigenvalue weighted by molar-refractivity contribution is 1.11. The van der Waals surface area contributed by atoms with Crippen molar-refractivity contribution >= 4 is 43.9 Å². The number of para-hydroxylation sites is 3. The van der Waals surface area contributed by atoms with Crippen LogP contribution in [-0.4, -0.2) is 14.1 Å². The molecule has 8 rings (SSSR count). The molecule has 0 spiro atoms. The van der Waals surface area contributed by atoms with Gasteiger partial charge in [-0.1, -0.05) is 97.1 Å². The summed E-state index contributed by atoms with van der Waals surface area (Å²) in [5, 5.41) is 4.75. The van der Waals surface area contributed by atoms with E-state index in [4.69, 9.17) is 4.98 Å². The van der Waals surface area contributed by atoms with Crippen LogP contribution in [0.1, 0.15) is 0 Å². The highest BCUT2D eigenvalue weighted by Crippen LogP contribution is 2.37. The van der Waals surface area contributed by atoms with Crippen LogP contribution in [0.15, 0.2) is 140 Å². The molecule has 0 atom stereocenters. The van der Waals surface area contributed by atoms with Crippen molar-refractivity contribution in [3.8, 4) is 22.5 Å². The van der Waals surface area contributed by atoms with Crippen molar-refractivity contribution in [2.45, 2.75) is 0 Å². The number of hydrogen-bond acceptors (Lipinski definition) is 1. The number of aromatic nitrogens is 3. The zero-order valence-corrected chi connectivity index (χ0v) is 20.6. The molecular weight excluding hydrogens is 462 g/mol. The highest BCUT2D eigenvalue weighted by atomic mass is 15.1. The van der Waals surface area contributed by atoms with Gasteiger partial charge in [0.1, 0.15) is 11.3 Å². The highest BCUT2D eigenvalue weighted by molar-refractivity contribution is 6.16. The molecule has 0 saturated heterocycles. The Balaban J connectivity index is 1.45. The fourth-order valence-corrected chi connectivity index (χ4v) is 5.79. The molecule has 0 bridgehead atoms. The first-order valence-corrected chi connectivity index (χ1v) is 12.9. The minimum absolute atomic E-state index is 0.964. The third-order valence-electron chi connectivity index (χ3n) is 7.52. The number of pyridine rings is 1. The van der Waals surface area contributed by atoms with E-state index in [1.54, 1.807) is 0 Å². The first-order valence-electron chi connectivity index (χ1n) is 12.9. The van der Waals surface area contributed by atoms with Crippen LogP contribution in [0.25, 0.3) is 66.4 Å². The summed E-state index contributed by atoms with van der Waals surface area (Å²) in [6, 6.07) is 49.4. The molecular formula is C35H23N3. The van der Waals surface area contributed by atoms with Crippen LogP contribution in [0.3, 0.4) is 0 Å². The van der Waals surface area contributed by atoms with Crippen LogP contribution < -0.4 is 0 Å². The normalized spacial score (nSPS) is 11.7.